The summed E-state index contributed by atoms with van der Waals surface area (Å²) in [7, 11) is 0. The second-order valence-electron chi connectivity index (χ2n) is 5.96. The summed E-state index contributed by atoms with van der Waals surface area (Å²) in [6, 6.07) is 9.50. The minimum absolute atomic E-state index is 0.0211. The van der Waals surface area contributed by atoms with Gasteiger partial charge in [0.15, 0.2) is 5.82 Å². The zero-order valence-electron chi connectivity index (χ0n) is 14.6. The summed E-state index contributed by atoms with van der Waals surface area (Å²) in [6.07, 6.45) is 1.41. The van der Waals surface area contributed by atoms with Gasteiger partial charge in [0.2, 0.25) is 5.91 Å². The molecule has 8 nitrogen and oxygen atoms in total. The van der Waals surface area contributed by atoms with Crippen molar-refractivity contribution in [3.63, 3.8) is 0 Å². The number of rotatable bonds is 7. The molecule has 0 fully saturated rings. The first-order valence-corrected chi connectivity index (χ1v) is 8.27. The Labute approximate surface area is 154 Å². The molecule has 9 heteroatoms. The van der Waals surface area contributed by atoms with Gasteiger partial charge in [-0.3, -0.25) is 14.2 Å². The van der Waals surface area contributed by atoms with E-state index < -0.39 is 5.97 Å². The Hall–Kier alpha value is -3.49. The Kier molecular flexibility index (Phi) is 5.30. The van der Waals surface area contributed by atoms with Gasteiger partial charge in [0.1, 0.15) is 11.5 Å². The van der Waals surface area contributed by atoms with Crippen molar-refractivity contribution in [2.45, 2.75) is 26.4 Å². The number of nitrogens with one attached hydrogen (secondary N) is 1. The van der Waals surface area contributed by atoms with Crippen LogP contribution in [0.25, 0.3) is 0 Å². The zero-order valence-corrected chi connectivity index (χ0v) is 14.6. The average Bonchev–Trinajstić information content (AvgIpc) is 3.22. The maximum absolute atomic E-state index is 13.8. The first-order valence-electron chi connectivity index (χ1n) is 8.27. The molecule has 0 unspecified atom stereocenters. The number of carboxylic acid groups (broad SMARTS) is 1. The molecule has 0 atom stereocenters. The molecule has 1 amide bonds. The van der Waals surface area contributed by atoms with Crippen molar-refractivity contribution in [2.75, 3.05) is 5.32 Å². The number of aromatic carboxylic acids is 1. The third-order valence-corrected chi connectivity index (χ3v) is 4.01. The molecule has 2 heterocycles. The van der Waals surface area contributed by atoms with E-state index in [0.717, 1.165) is 5.69 Å². The summed E-state index contributed by atoms with van der Waals surface area (Å²) in [4.78, 5) is 23.1. The van der Waals surface area contributed by atoms with Crippen LogP contribution in [-0.2, 0) is 17.9 Å². The van der Waals surface area contributed by atoms with Crippen LogP contribution in [0.2, 0.25) is 0 Å². The summed E-state index contributed by atoms with van der Waals surface area (Å²) in [5.41, 5.74) is 1.29. The lowest BCUT2D eigenvalue weighted by atomic mass is 10.2. The van der Waals surface area contributed by atoms with Crippen LogP contribution >= 0.6 is 0 Å². The van der Waals surface area contributed by atoms with Crippen LogP contribution in [-0.4, -0.2) is 36.5 Å². The molecule has 0 aliphatic rings. The maximum atomic E-state index is 13.8. The van der Waals surface area contributed by atoms with Crippen molar-refractivity contribution >= 4 is 17.7 Å². The molecule has 3 aromatic rings. The molecule has 27 heavy (non-hydrogen) atoms. The van der Waals surface area contributed by atoms with Gasteiger partial charge in [-0.15, -0.1) is 0 Å². The first kappa shape index (κ1) is 18.3. The zero-order chi connectivity index (χ0) is 19.4. The number of amides is 1. The van der Waals surface area contributed by atoms with E-state index in [2.05, 4.69) is 15.5 Å². The Bertz CT molecular complexity index is 979. The van der Waals surface area contributed by atoms with Crippen LogP contribution in [0.15, 0.2) is 42.6 Å². The molecule has 0 saturated carbocycles. The second kappa shape index (κ2) is 7.81. The van der Waals surface area contributed by atoms with E-state index in [9.17, 15) is 14.0 Å². The molecule has 0 radical (unpaired) electrons. The maximum Gasteiger partial charge on any atom is 0.354 e. The van der Waals surface area contributed by atoms with E-state index in [-0.39, 0.29) is 36.9 Å². The van der Waals surface area contributed by atoms with Crippen LogP contribution in [0.1, 0.15) is 28.2 Å². The van der Waals surface area contributed by atoms with E-state index in [4.69, 9.17) is 5.11 Å². The number of hydrogen-bond donors (Lipinski definition) is 2. The number of nitrogens with zero attached hydrogens (tertiary/aromatic N) is 4. The van der Waals surface area contributed by atoms with Gasteiger partial charge in [-0.05, 0) is 19.1 Å². The number of carbonyl (C=O) groups is 2. The standard InChI is InChI=1S/C18H18FN5O3/c1-12-10-16(22-24(12)11-13-4-2-3-5-14(13)19)21-17(25)7-9-23-15(18(26)27)6-8-20-23/h2-6,8,10H,7,9,11H2,1H3,(H,26,27)(H,21,22,25). The normalized spacial score (nSPS) is 10.7. The third kappa shape index (κ3) is 4.38. The van der Waals surface area contributed by atoms with Crippen molar-refractivity contribution in [3.8, 4) is 0 Å². The van der Waals surface area contributed by atoms with Crippen LogP contribution in [0.5, 0.6) is 0 Å². The SMILES string of the molecule is Cc1cc(NC(=O)CCn2nccc2C(=O)O)nn1Cc1ccccc1F. The lowest BCUT2D eigenvalue weighted by Crippen LogP contribution is -2.18. The van der Waals surface area contributed by atoms with E-state index >= 15 is 0 Å². The third-order valence-electron chi connectivity index (χ3n) is 4.01. The number of carboxylic acids is 1. The monoisotopic (exact) mass is 371 g/mol. The lowest BCUT2D eigenvalue weighted by molar-refractivity contribution is -0.116. The van der Waals surface area contributed by atoms with Gasteiger partial charge in [-0.1, -0.05) is 18.2 Å². The lowest BCUT2D eigenvalue weighted by Gasteiger charge is -2.06. The highest BCUT2D eigenvalue weighted by Gasteiger charge is 2.13. The fourth-order valence-electron chi connectivity index (χ4n) is 2.62. The number of hydrogen-bond acceptors (Lipinski definition) is 4. The minimum Gasteiger partial charge on any atom is -0.477 e. The molecule has 140 valence electrons. The summed E-state index contributed by atoms with van der Waals surface area (Å²) in [5.74, 6) is -1.38. The summed E-state index contributed by atoms with van der Waals surface area (Å²) < 4.78 is 16.6. The van der Waals surface area contributed by atoms with E-state index in [1.807, 2.05) is 6.92 Å². The Morgan fingerprint density at radius 1 is 1.22 bits per heavy atom. The molecule has 0 bridgehead atoms. The second-order valence-corrected chi connectivity index (χ2v) is 5.96. The fourth-order valence-corrected chi connectivity index (χ4v) is 2.62. The molecule has 2 aromatic heterocycles. The van der Waals surface area contributed by atoms with Crippen molar-refractivity contribution in [2.24, 2.45) is 0 Å². The quantitative estimate of drug-likeness (QED) is 0.663. The largest absolute Gasteiger partial charge is 0.477 e. The molecule has 0 spiro atoms. The van der Waals surface area contributed by atoms with Crippen LogP contribution in [0, 0.1) is 12.7 Å². The van der Waals surface area contributed by atoms with Crippen molar-refractivity contribution in [3.05, 3.63) is 65.4 Å². The number of aryl methyl sites for hydroxylation is 2. The first-order chi connectivity index (χ1) is 12.9. The van der Waals surface area contributed by atoms with Gasteiger partial charge in [-0.25, -0.2) is 9.18 Å². The van der Waals surface area contributed by atoms with Crippen molar-refractivity contribution in [1.82, 2.24) is 19.6 Å². The molecule has 0 saturated heterocycles. The highest BCUT2D eigenvalue weighted by Crippen LogP contribution is 2.14. The minimum atomic E-state index is -1.10. The summed E-state index contributed by atoms with van der Waals surface area (Å²) in [5, 5.41) is 19.9. The highest BCUT2D eigenvalue weighted by molar-refractivity contribution is 5.90. The predicted molar refractivity (Wildman–Crippen MR) is 94.9 cm³/mol. The topological polar surface area (TPSA) is 102 Å². The van der Waals surface area contributed by atoms with Gasteiger partial charge in [0, 0.05) is 29.9 Å². The molecule has 1 aromatic carbocycles. The van der Waals surface area contributed by atoms with Gasteiger partial charge < -0.3 is 10.4 Å². The molecular formula is C18H18FN5O3. The molecular weight excluding hydrogens is 353 g/mol. The Morgan fingerprint density at radius 2 is 2.00 bits per heavy atom. The number of anilines is 1. The van der Waals surface area contributed by atoms with Crippen LogP contribution < -0.4 is 5.32 Å². The smallest absolute Gasteiger partial charge is 0.354 e. The highest BCUT2D eigenvalue weighted by atomic mass is 19.1. The van der Waals surface area contributed by atoms with E-state index in [1.165, 1.54) is 23.0 Å². The van der Waals surface area contributed by atoms with Gasteiger partial charge in [0.05, 0.1) is 13.1 Å². The number of benzene rings is 1. The summed E-state index contributed by atoms with van der Waals surface area (Å²) in [6.45, 7) is 2.20. The molecule has 0 aliphatic heterocycles. The summed E-state index contributed by atoms with van der Waals surface area (Å²) >= 11 is 0. The fraction of sp³-hybridized carbons (Fsp3) is 0.222. The number of carbonyl (C=O) groups excluding carboxylic acids is 1. The van der Waals surface area contributed by atoms with Crippen molar-refractivity contribution < 1.29 is 19.1 Å². The predicted octanol–water partition coefficient (Wildman–Crippen LogP) is 2.30. The molecule has 2 N–H and O–H groups in total. The van der Waals surface area contributed by atoms with Gasteiger partial charge >= 0.3 is 5.97 Å². The molecule has 3 rings (SSSR count). The Morgan fingerprint density at radius 3 is 2.74 bits per heavy atom. The van der Waals surface area contributed by atoms with Gasteiger partial charge in [-0.2, -0.15) is 10.2 Å². The average molecular weight is 371 g/mol. The van der Waals surface area contributed by atoms with Crippen LogP contribution in [0.4, 0.5) is 10.2 Å². The van der Waals surface area contributed by atoms with Crippen molar-refractivity contribution in [1.29, 1.82) is 0 Å². The van der Waals surface area contributed by atoms with E-state index in [1.54, 1.807) is 28.9 Å². The number of halogens is 1. The Balaban J connectivity index is 1.61. The molecule has 0 aliphatic carbocycles. The van der Waals surface area contributed by atoms with E-state index in [0.29, 0.717) is 11.4 Å². The van der Waals surface area contributed by atoms with Gasteiger partial charge in [0.25, 0.3) is 0 Å². The van der Waals surface area contributed by atoms with Crippen LogP contribution in [0.3, 0.4) is 0 Å². The number of aromatic nitrogens is 4.